The van der Waals surface area contributed by atoms with Gasteiger partial charge in [0.25, 0.3) is 0 Å². The molecule has 3 rings (SSSR count). The van der Waals surface area contributed by atoms with Crippen molar-refractivity contribution in [2.45, 2.75) is 13.1 Å². The van der Waals surface area contributed by atoms with Gasteiger partial charge in [0.2, 0.25) is 0 Å². The van der Waals surface area contributed by atoms with Crippen LogP contribution in [0.15, 0.2) is 84.8 Å². The van der Waals surface area contributed by atoms with E-state index in [0.29, 0.717) is 0 Å². The fraction of sp³-hybridized carbons (Fsp3) is 0.100. The van der Waals surface area contributed by atoms with Crippen molar-refractivity contribution >= 4 is 19.1 Å². The van der Waals surface area contributed by atoms with E-state index in [0.717, 1.165) is 5.45 Å². The Morgan fingerprint density at radius 3 is 1.70 bits per heavy atom. The summed E-state index contributed by atoms with van der Waals surface area (Å²) in [6.45, 7) is 4.57. The maximum absolute atomic E-state index is 4.50. The number of benzene rings is 2. The maximum Gasteiger partial charge on any atom is 0.152 e. The summed E-state index contributed by atoms with van der Waals surface area (Å²) in [6.07, 6.45) is 3.66. The molecule has 1 heterocycles. The van der Waals surface area contributed by atoms with E-state index in [9.17, 15) is 0 Å². The van der Waals surface area contributed by atoms with Crippen molar-refractivity contribution in [3.8, 4) is 0 Å². The van der Waals surface area contributed by atoms with E-state index in [1.54, 1.807) is 0 Å². The molecule has 2 nitrogen and oxygen atoms in total. The van der Waals surface area contributed by atoms with Crippen LogP contribution in [0.3, 0.4) is 0 Å². The predicted octanol–water partition coefficient (Wildman–Crippen LogP) is 4.06. The maximum atomic E-state index is 4.50. The highest BCUT2D eigenvalue weighted by Gasteiger charge is 2.25. The van der Waals surface area contributed by atoms with E-state index in [1.807, 2.05) is 18.5 Å². The molecule has 0 saturated carbocycles. The third kappa shape index (κ3) is 3.63. The van der Waals surface area contributed by atoms with Crippen LogP contribution in [0.4, 0.5) is 0 Å². The van der Waals surface area contributed by atoms with Gasteiger partial charge in [-0.15, -0.1) is 0 Å². The fourth-order valence-electron chi connectivity index (χ4n) is 2.63. The molecule has 0 unspecified atom stereocenters. The topological polar surface area (TPSA) is 25.8 Å². The SMILES string of the molecule is C[Si](C)(C=C(c1ccccc1)c1ccccc1)c1ncccn1. The van der Waals surface area contributed by atoms with E-state index in [1.165, 1.54) is 16.7 Å². The van der Waals surface area contributed by atoms with Gasteiger partial charge >= 0.3 is 0 Å². The first-order valence-electron chi connectivity index (χ1n) is 7.78. The largest absolute Gasteiger partial charge is 0.246 e. The van der Waals surface area contributed by atoms with Gasteiger partial charge in [-0.2, -0.15) is 0 Å². The summed E-state index contributed by atoms with van der Waals surface area (Å²) in [6, 6.07) is 22.9. The summed E-state index contributed by atoms with van der Waals surface area (Å²) in [7, 11) is -1.89. The molecule has 0 amide bonds. The highest BCUT2D eigenvalue weighted by atomic mass is 28.3. The predicted molar refractivity (Wildman–Crippen MR) is 99.1 cm³/mol. The zero-order chi connectivity index (χ0) is 16.1. The van der Waals surface area contributed by atoms with Gasteiger partial charge in [-0.25, -0.2) is 9.97 Å². The minimum Gasteiger partial charge on any atom is -0.246 e. The molecule has 114 valence electrons. The summed E-state index contributed by atoms with van der Waals surface area (Å²) >= 11 is 0. The summed E-state index contributed by atoms with van der Waals surface area (Å²) < 4.78 is 0. The van der Waals surface area contributed by atoms with Gasteiger partial charge < -0.3 is 0 Å². The van der Waals surface area contributed by atoms with Crippen molar-refractivity contribution in [3.63, 3.8) is 0 Å². The molecule has 2 aromatic carbocycles. The lowest BCUT2D eigenvalue weighted by atomic mass is 10.00. The van der Waals surface area contributed by atoms with Crippen molar-refractivity contribution in [1.29, 1.82) is 0 Å². The van der Waals surface area contributed by atoms with Gasteiger partial charge in [0, 0.05) is 12.4 Å². The Balaban J connectivity index is 2.12. The average molecular weight is 316 g/mol. The molecular weight excluding hydrogens is 296 g/mol. The monoisotopic (exact) mass is 316 g/mol. The second kappa shape index (κ2) is 6.71. The number of hydrogen-bond donors (Lipinski definition) is 0. The van der Waals surface area contributed by atoms with Crippen LogP contribution in [0, 0.1) is 0 Å². The van der Waals surface area contributed by atoms with Crippen LogP contribution >= 0.6 is 0 Å². The molecule has 1 aromatic heterocycles. The van der Waals surface area contributed by atoms with Crippen LogP contribution in [0.5, 0.6) is 0 Å². The molecule has 0 atom stereocenters. The van der Waals surface area contributed by atoms with Crippen LogP contribution in [0.1, 0.15) is 11.1 Å². The minimum atomic E-state index is -1.89. The van der Waals surface area contributed by atoms with E-state index < -0.39 is 8.07 Å². The Morgan fingerprint density at radius 1 is 0.739 bits per heavy atom. The second-order valence-electron chi connectivity index (χ2n) is 6.08. The molecule has 0 aliphatic heterocycles. The van der Waals surface area contributed by atoms with Crippen molar-refractivity contribution < 1.29 is 0 Å². The highest BCUT2D eigenvalue weighted by Crippen LogP contribution is 2.25. The Kier molecular flexibility index (Phi) is 4.49. The Bertz CT molecular complexity index is 740. The van der Waals surface area contributed by atoms with Gasteiger partial charge in [-0.05, 0) is 22.8 Å². The molecule has 0 aliphatic rings. The fourth-order valence-corrected chi connectivity index (χ4v) is 4.62. The molecule has 0 N–H and O–H groups in total. The van der Waals surface area contributed by atoms with Crippen molar-refractivity contribution in [1.82, 2.24) is 9.97 Å². The van der Waals surface area contributed by atoms with E-state index >= 15 is 0 Å². The third-order valence-electron chi connectivity index (χ3n) is 3.82. The zero-order valence-electron chi connectivity index (χ0n) is 13.5. The molecular formula is C20H20N2Si. The molecule has 0 bridgehead atoms. The van der Waals surface area contributed by atoms with Crippen molar-refractivity contribution in [2.75, 3.05) is 0 Å². The zero-order valence-corrected chi connectivity index (χ0v) is 14.5. The number of aromatic nitrogens is 2. The van der Waals surface area contributed by atoms with Gasteiger partial charge in [0.15, 0.2) is 8.07 Å². The lowest BCUT2D eigenvalue weighted by Gasteiger charge is -2.19. The smallest absolute Gasteiger partial charge is 0.152 e. The van der Waals surface area contributed by atoms with Crippen LogP contribution < -0.4 is 5.45 Å². The second-order valence-corrected chi connectivity index (χ2v) is 10.3. The van der Waals surface area contributed by atoms with Crippen LogP contribution in [0.2, 0.25) is 13.1 Å². The van der Waals surface area contributed by atoms with Crippen molar-refractivity contribution in [2.24, 2.45) is 0 Å². The summed E-state index contributed by atoms with van der Waals surface area (Å²) in [5, 5.41) is 0. The first kappa shape index (κ1) is 15.4. The third-order valence-corrected chi connectivity index (χ3v) is 6.24. The minimum absolute atomic E-state index is 0.962. The van der Waals surface area contributed by atoms with Gasteiger partial charge in [-0.3, -0.25) is 0 Å². The Morgan fingerprint density at radius 2 is 1.22 bits per heavy atom. The Hall–Kier alpha value is -2.52. The number of nitrogens with zero attached hydrogens (tertiary/aromatic N) is 2. The summed E-state index contributed by atoms with van der Waals surface area (Å²) in [4.78, 5) is 8.99. The molecule has 0 aliphatic carbocycles. The Labute approximate surface area is 138 Å². The lowest BCUT2D eigenvalue weighted by Crippen LogP contribution is -2.44. The quantitative estimate of drug-likeness (QED) is 0.678. The summed E-state index contributed by atoms with van der Waals surface area (Å²) in [5.41, 5.74) is 7.08. The average Bonchev–Trinajstić information content (AvgIpc) is 2.62. The normalized spacial score (nSPS) is 11.0. The van der Waals surface area contributed by atoms with Gasteiger partial charge in [0.1, 0.15) is 5.45 Å². The number of hydrogen-bond acceptors (Lipinski definition) is 2. The van der Waals surface area contributed by atoms with Crippen LogP contribution in [-0.4, -0.2) is 18.0 Å². The van der Waals surface area contributed by atoms with E-state index in [4.69, 9.17) is 0 Å². The molecule has 0 fully saturated rings. The number of rotatable bonds is 4. The molecule has 3 heteroatoms. The molecule has 3 aromatic rings. The summed E-state index contributed by atoms with van der Waals surface area (Å²) in [5.74, 6) is 0. The molecule has 0 spiro atoms. The molecule has 0 saturated heterocycles. The van der Waals surface area contributed by atoms with Crippen molar-refractivity contribution in [3.05, 3.63) is 95.9 Å². The van der Waals surface area contributed by atoms with Crippen LogP contribution in [0.25, 0.3) is 5.57 Å². The molecule has 0 radical (unpaired) electrons. The highest BCUT2D eigenvalue weighted by molar-refractivity contribution is 6.93. The van der Waals surface area contributed by atoms with E-state index in [-0.39, 0.29) is 0 Å². The molecule has 23 heavy (non-hydrogen) atoms. The van der Waals surface area contributed by atoms with Gasteiger partial charge in [0.05, 0.1) is 0 Å². The lowest BCUT2D eigenvalue weighted by molar-refractivity contribution is 1.22. The first-order valence-corrected chi connectivity index (χ1v) is 10.9. The first-order chi connectivity index (χ1) is 11.2. The van der Waals surface area contributed by atoms with Gasteiger partial charge in [-0.1, -0.05) is 79.5 Å². The van der Waals surface area contributed by atoms with Crippen LogP contribution in [-0.2, 0) is 0 Å². The standard InChI is InChI=1S/C20H20N2Si/c1-23(2,20-21-14-9-15-22-20)16-19(17-10-5-3-6-11-17)18-12-7-4-8-13-18/h3-16H,1-2H3. The van der Waals surface area contributed by atoms with E-state index in [2.05, 4.69) is 89.4 Å².